The van der Waals surface area contributed by atoms with Crippen LogP contribution in [-0.4, -0.2) is 13.1 Å². The summed E-state index contributed by atoms with van der Waals surface area (Å²) < 4.78 is 13.0. The second-order valence-corrected chi connectivity index (χ2v) is 5.98. The zero-order valence-corrected chi connectivity index (χ0v) is 12.5. The molecule has 21 heavy (non-hydrogen) atoms. The molecule has 110 valence electrons. The maximum atomic E-state index is 13.0. The highest BCUT2D eigenvalue weighted by atomic mass is 19.1. The number of likely N-dealkylation sites (N-methyl/N-ethyl adjacent to an activating group) is 1. The summed E-state index contributed by atoms with van der Waals surface area (Å²) in [5, 5.41) is 3.39. The van der Waals surface area contributed by atoms with E-state index in [0.717, 1.165) is 12.8 Å². The lowest BCUT2D eigenvalue weighted by atomic mass is 9.97. The number of nitrogens with one attached hydrogen (secondary N) is 1. The monoisotopic (exact) mass is 283 g/mol. The Kier molecular flexibility index (Phi) is 4.35. The molecule has 0 heterocycles. The minimum atomic E-state index is -0.168. The van der Waals surface area contributed by atoms with Gasteiger partial charge in [0, 0.05) is 6.04 Å². The number of hydrogen-bond donors (Lipinski definition) is 1. The van der Waals surface area contributed by atoms with E-state index in [9.17, 15) is 4.39 Å². The van der Waals surface area contributed by atoms with Crippen molar-refractivity contribution in [2.75, 3.05) is 7.05 Å². The summed E-state index contributed by atoms with van der Waals surface area (Å²) >= 11 is 0. The molecule has 1 nitrogen and oxygen atoms in total. The van der Waals surface area contributed by atoms with Gasteiger partial charge in [-0.25, -0.2) is 4.39 Å². The lowest BCUT2D eigenvalue weighted by Crippen LogP contribution is -2.29. The van der Waals surface area contributed by atoms with Crippen LogP contribution < -0.4 is 5.32 Å². The Morgan fingerprint density at radius 1 is 0.952 bits per heavy atom. The van der Waals surface area contributed by atoms with E-state index in [1.165, 1.54) is 53.6 Å². The summed E-state index contributed by atoms with van der Waals surface area (Å²) in [6.07, 6.45) is 5.70. The van der Waals surface area contributed by atoms with Crippen molar-refractivity contribution in [3.05, 3.63) is 70.5 Å². The standard InChI is InChI=1S/C19H22FN/c1-21-19(12-14-6-9-18(20)10-7-14)13-15-5-8-16-3-2-4-17(16)11-15/h5-11,19,21H,2-4,12-13H2,1H3. The van der Waals surface area contributed by atoms with E-state index in [0.29, 0.717) is 6.04 Å². The molecule has 1 N–H and O–H groups in total. The van der Waals surface area contributed by atoms with Crippen LogP contribution in [0, 0.1) is 5.82 Å². The Hall–Kier alpha value is -1.67. The van der Waals surface area contributed by atoms with Crippen LogP contribution in [0.2, 0.25) is 0 Å². The molecule has 0 spiro atoms. The van der Waals surface area contributed by atoms with Gasteiger partial charge in [0.05, 0.1) is 0 Å². The van der Waals surface area contributed by atoms with Crippen molar-refractivity contribution in [3.8, 4) is 0 Å². The smallest absolute Gasteiger partial charge is 0.123 e. The van der Waals surface area contributed by atoms with E-state index in [-0.39, 0.29) is 5.82 Å². The molecule has 0 saturated carbocycles. The Morgan fingerprint density at radius 2 is 1.62 bits per heavy atom. The van der Waals surface area contributed by atoms with E-state index >= 15 is 0 Å². The summed E-state index contributed by atoms with van der Waals surface area (Å²) in [5.41, 5.74) is 5.64. The van der Waals surface area contributed by atoms with Crippen LogP contribution >= 0.6 is 0 Å². The lowest BCUT2D eigenvalue weighted by molar-refractivity contribution is 0.555. The maximum absolute atomic E-state index is 13.0. The minimum Gasteiger partial charge on any atom is -0.316 e. The summed E-state index contributed by atoms with van der Waals surface area (Å²) in [5.74, 6) is -0.168. The fourth-order valence-electron chi connectivity index (χ4n) is 3.22. The molecule has 0 radical (unpaired) electrons. The van der Waals surface area contributed by atoms with Crippen molar-refractivity contribution in [1.82, 2.24) is 5.32 Å². The Morgan fingerprint density at radius 3 is 2.38 bits per heavy atom. The molecule has 0 saturated heterocycles. The van der Waals surface area contributed by atoms with Crippen LogP contribution in [0.1, 0.15) is 28.7 Å². The van der Waals surface area contributed by atoms with Gasteiger partial charge in [-0.1, -0.05) is 30.3 Å². The lowest BCUT2D eigenvalue weighted by Gasteiger charge is -2.17. The molecule has 0 bridgehead atoms. The SMILES string of the molecule is CNC(Cc1ccc(F)cc1)Cc1ccc2c(c1)CCC2. The first-order chi connectivity index (χ1) is 10.2. The highest BCUT2D eigenvalue weighted by molar-refractivity contribution is 5.35. The van der Waals surface area contributed by atoms with Crippen molar-refractivity contribution >= 4 is 0 Å². The number of rotatable bonds is 5. The molecule has 0 amide bonds. The van der Waals surface area contributed by atoms with Gasteiger partial charge < -0.3 is 5.32 Å². The number of benzene rings is 2. The zero-order chi connectivity index (χ0) is 14.7. The minimum absolute atomic E-state index is 0.168. The van der Waals surface area contributed by atoms with E-state index in [1.54, 1.807) is 0 Å². The molecule has 1 aliphatic rings. The summed E-state index contributed by atoms with van der Waals surface area (Å²) in [6, 6.07) is 14.1. The van der Waals surface area contributed by atoms with Gasteiger partial charge in [0.1, 0.15) is 5.82 Å². The van der Waals surface area contributed by atoms with Gasteiger partial charge in [-0.3, -0.25) is 0 Å². The van der Waals surface area contributed by atoms with Crippen LogP contribution in [0.5, 0.6) is 0 Å². The average molecular weight is 283 g/mol. The largest absolute Gasteiger partial charge is 0.316 e. The van der Waals surface area contributed by atoms with Gasteiger partial charge in [-0.05, 0) is 73.5 Å². The summed E-state index contributed by atoms with van der Waals surface area (Å²) in [6.45, 7) is 0. The predicted octanol–water partition coefficient (Wildman–Crippen LogP) is 3.69. The van der Waals surface area contributed by atoms with E-state index in [1.807, 2.05) is 19.2 Å². The first kappa shape index (κ1) is 14.3. The Balaban J connectivity index is 1.68. The molecule has 0 fully saturated rings. The highest BCUT2D eigenvalue weighted by Gasteiger charge is 2.13. The van der Waals surface area contributed by atoms with Crippen LogP contribution in [0.4, 0.5) is 4.39 Å². The van der Waals surface area contributed by atoms with Gasteiger partial charge in [0.15, 0.2) is 0 Å². The van der Waals surface area contributed by atoms with Crippen LogP contribution in [-0.2, 0) is 25.7 Å². The van der Waals surface area contributed by atoms with Crippen molar-refractivity contribution in [2.24, 2.45) is 0 Å². The molecule has 3 rings (SSSR count). The van der Waals surface area contributed by atoms with Crippen molar-refractivity contribution in [2.45, 2.75) is 38.1 Å². The molecule has 1 aliphatic carbocycles. The quantitative estimate of drug-likeness (QED) is 0.882. The number of hydrogen-bond acceptors (Lipinski definition) is 1. The maximum Gasteiger partial charge on any atom is 0.123 e. The molecular formula is C19H22FN. The van der Waals surface area contributed by atoms with Gasteiger partial charge in [0.2, 0.25) is 0 Å². The molecule has 1 atom stereocenters. The second kappa shape index (κ2) is 6.40. The molecule has 0 aliphatic heterocycles. The fraction of sp³-hybridized carbons (Fsp3) is 0.368. The third kappa shape index (κ3) is 3.51. The average Bonchev–Trinajstić information content (AvgIpc) is 2.96. The Labute approximate surface area is 126 Å². The summed E-state index contributed by atoms with van der Waals surface area (Å²) in [4.78, 5) is 0. The molecule has 0 aromatic heterocycles. The Bertz CT molecular complexity index is 603. The van der Waals surface area contributed by atoms with Crippen LogP contribution in [0.3, 0.4) is 0 Å². The highest BCUT2D eigenvalue weighted by Crippen LogP contribution is 2.23. The van der Waals surface area contributed by atoms with Gasteiger partial charge in [0.25, 0.3) is 0 Å². The van der Waals surface area contributed by atoms with Crippen molar-refractivity contribution in [3.63, 3.8) is 0 Å². The van der Waals surface area contributed by atoms with Gasteiger partial charge >= 0.3 is 0 Å². The van der Waals surface area contributed by atoms with Crippen molar-refractivity contribution in [1.29, 1.82) is 0 Å². The topological polar surface area (TPSA) is 12.0 Å². The fourth-order valence-corrected chi connectivity index (χ4v) is 3.22. The van der Waals surface area contributed by atoms with Crippen LogP contribution in [0.15, 0.2) is 42.5 Å². The normalized spacial score (nSPS) is 15.0. The number of aryl methyl sites for hydroxylation is 2. The zero-order valence-electron chi connectivity index (χ0n) is 12.5. The molecule has 2 aromatic carbocycles. The number of fused-ring (bicyclic) bond motifs is 1. The first-order valence-corrected chi connectivity index (χ1v) is 7.77. The predicted molar refractivity (Wildman–Crippen MR) is 85.1 cm³/mol. The first-order valence-electron chi connectivity index (χ1n) is 7.77. The van der Waals surface area contributed by atoms with E-state index < -0.39 is 0 Å². The third-order valence-electron chi connectivity index (χ3n) is 4.45. The van der Waals surface area contributed by atoms with Crippen LogP contribution in [0.25, 0.3) is 0 Å². The third-order valence-corrected chi connectivity index (χ3v) is 4.45. The molecule has 2 heteroatoms. The molecular weight excluding hydrogens is 261 g/mol. The molecule has 2 aromatic rings. The number of halogens is 1. The van der Waals surface area contributed by atoms with Gasteiger partial charge in [-0.15, -0.1) is 0 Å². The molecule has 1 unspecified atom stereocenters. The van der Waals surface area contributed by atoms with Crippen molar-refractivity contribution < 1.29 is 4.39 Å². The second-order valence-electron chi connectivity index (χ2n) is 5.98. The van der Waals surface area contributed by atoms with Gasteiger partial charge in [-0.2, -0.15) is 0 Å². The van der Waals surface area contributed by atoms with E-state index in [4.69, 9.17) is 0 Å². The summed E-state index contributed by atoms with van der Waals surface area (Å²) in [7, 11) is 2.00. The van der Waals surface area contributed by atoms with E-state index in [2.05, 4.69) is 23.5 Å².